The van der Waals surface area contributed by atoms with Crippen LogP contribution in [-0.2, 0) is 11.3 Å². The zero-order chi connectivity index (χ0) is 16.8. The Morgan fingerprint density at radius 1 is 1.00 bits per heavy atom. The van der Waals surface area contributed by atoms with Gasteiger partial charge in [-0.05, 0) is 36.2 Å². The lowest BCUT2D eigenvalue weighted by Crippen LogP contribution is -2.30. The summed E-state index contributed by atoms with van der Waals surface area (Å²) in [5.74, 6) is 1.87. The fourth-order valence-corrected chi connectivity index (χ4v) is 2.87. The molecule has 0 fully saturated rings. The normalized spacial score (nSPS) is 12.0. The van der Waals surface area contributed by atoms with Crippen LogP contribution >= 0.6 is 0 Å². The molecule has 3 aromatic rings. The number of hydrogen-bond acceptors (Lipinski definition) is 3. The largest absolute Gasteiger partial charge is 0.469 e. The minimum Gasteiger partial charge on any atom is -0.469 e. The molecule has 0 bridgehead atoms. The maximum atomic E-state index is 12.0. The Morgan fingerprint density at radius 2 is 1.75 bits per heavy atom. The highest BCUT2D eigenvalue weighted by Crippen LogP contribution is 2.28. The van der Waals surface area contributed by atoms with Crippen molar-refractivity contribution >= 4 is 5.91 Å². The lowest BCUT2D eigenvalue weighted by atomic mass is 9.93. The number of rotatable bonds is 7. The number of benzene rings is 1. The quantitative estimate of drug-likeness (QED) is 0.645. The highest BCUT2D eigenvalue weighted by molar-refractivity contribution is 5.73. The lowest BCUT2D eigenvalue weighted by Gasteiger charge is -2.23. The van der Waals surface area contributed by atoms with E-state index in [1.807, 2.05) is 42.5 Å². The number of furan rings is 2. The number of carbonyl (C=O) groups is 1. The van der Waals surface area contributed by atoms with Crippen molar-refractivity contribution in [2.24, 2.45) is 0 Å². The molecule has 4 nitrogen and oxygen atoms in total. The summed E-state index contributed by atoms with van der Waals surface area (Å²) in [6.45, 7) is 2.71. The second kappa shape index (κ2) is 7.68. The molecule has 0 aliphatic heterocycles. The molecule has 124 valence electrons. The summed E-state index contributed by atoms with van der Waals surface area (Å²) in [4.78, 5) is 13.8. The minimum atomic E-state index is 0.0395. The first-order valence-electron chi connectivity index (χ1n) is 8.10. The minimum absolute atomic E-state index is 0.0395. The predicted octanol–water partition coefficient (Wildman–Crippen LogP) is 4.44. The predicted molar refractivity (Wildman–Crippen MR) is 91.4 cm³/mol. The van der Waals surface area contributed by atoms with Crippen molar-refractivity contribution in [1.82, 2.24) is 4.90 Å². The van der Waals surface area contributed by atoms with E-state index in [1.165, 1.54) is 5.56 Å². The Morgan fingerprint density at radius 3 is 2.38 bits per heavy atom. The molecule has 0 saturated heterocycles. The summed E-state index contributed by atoms with van der Waals surface area (Å²) in [6, 6.07) is 17.9. The van der Waals surface area contributed by atoms with Crippen LogP contribution in [0.15, 0.2) is 76.0 Å². The molecular formula is C20H21NO3. The first-order valence-corrected chi connectivity index (χ1v) is 8.10. The van der Waals surface area contributed by atoms with Crippen molar-refractivity contribution in [2.75, 3.05) is 6.54 Å². The molecule has 2 heterocycles. The van der Waals surface area contributed by atoms with E-state index in [2.05, 4.69) is 12.1 Å². The van der Waals surface area contributed by atoms with Crippen LogP contribution in [0.5, 0.6) is 0 Å². The number of amides is 1. The summed E-state index contributed by atoms with van der Waals surface area (Å²) < 4.78 is 11.0. The summed E-state index contributed by atoms with van der Waals surface area (Å²) in [7, 11) is 0. The van der Waals surface area contributed by atoms with E-state index in [-0.39, 0.29) is 11.8 Å². The van der Waals surface area contributed by atoms with Gasteiger partial charge in [0.1, 0.15) is 11.5 Å². The van der Waals surface area contributed by atoms with Gasteiger partial charge in [-0.1, -0.05) is 30.3 Å². The number of nitrogens with zero attached hydrogens (tertiary/aromatic N) is 1. The zero-order valence-corrected chi connectivity index (χ0v) is 13.7. The monoisotopic (exact) mass is 323 g/mol. The van der Waals surface area contributed by atoms with Gasteiger partial charge in [0.05, 0.1) is 19.1 Å². The van der Waals surface area contributed by atoms with Crippen molar-refractivity contribution in [3.8, 4) is 0 Å². The molecule has 0 aliphatic rings. The summed E-state index contributed by atoms with van der Waals surface area (Å²) in [6.07, 6.45) is 4.11. The zero-order valence-electron chi connectivity index (χ0n) is 13.7. The van der Waals surface area contributed by atoms with Crippen molar-refractivity contribution in [3.05, 3.63) is 84.2 Å². The molecular weight excluding hydrogens is 302 g/mol. The average Bonchev–Trinajstić information content (AvgIpc) is 3.28. The highest BCUT2D eigenvalue weighted by atomic mass is 16.3. The SMILES string of the molecule is CC(=O)N(CC[C@@H](c1ccccc1)c1ccco1)Cc1ccco1. The van der Waals surface area contributed by atoms with Crippen LogP contribution in [0.25, 0.3) is 0 Å². The van der Waals surface area contributed by atoms with Crippen LogP contribution in [0.2, 0.25) is 0 Å². The molecule has 24 heavy (non-hydrogen) atoms. The smallest absolute Gasteiger partial charge is 0.219 e. The van der Waals surface area contributed by atoms with E-state index >= 15 is 0 Å². The Hall–Kier alpha value is -2.75. The molecule has 0 radical (unpaired) electrons. The Bertz CT molecular complexity index is 733. The summed E-state index contributed by atoms with van der Waals surface area (Å²) in [5, 5.41) is 0. The van der Waals surface area contributed by atoms with Gasteiger partial charge in [0.2, 0.25) is 5.91 Å². The molecule has 0 aliphatic carbocycles. The van der Waals surface area contributed by atoms with E-state index < -0.39 is 0 Å². The van der Waals surface area contributed by atoms with E-state index in [0.717, 1.165) is 17.9 Å². The van der Waals surface area contributed by atoms with Crippen LogP contribution in [0, 0.1) is 0 Å². The molecule has 1 aromatic carbocycles. The highest BCUT2D eigenvalue weighted by Gasteiger charge is 2.19. The average molecular weight is 323 g/mol. The van der Waals surface area contributed by atoms with Crippen LogP contribution in [0.1, 0.15) is 36.3 Å². The second-order valence-electron chi connectivity index (χ2n) is 5.79. The molecule has 2 aromatic heterocycles. The topological polar surface area (TPSA) is 46.6 Å². The van der Waals surface area contributed by atoms with E-state index in [9.17, 15) is 4.79 Å². The number of carbonyl (C=O) groups excluding carboxylic acids is 1. The Kier molecular flexibility index (Phi) is 5.16. The Balaban J connectivity index is 1.73. The van der Waals surface area contributed by atoms with E-state index in [4.69, 9.17) is 8.83 Å². The van der Waals surface area contributed by atoms with Gasteiger partial charge in [-0.25, -0.2) is 0 Å². The van der Waals surface area contributed by atoms with Gasteiger partial charge in [0.15, 0.2) is 0 Å². The Labute approximate surface area is 141 Å². The number of hydrogen-bond donors (Lipinski definition) is 0. The molecule has 1 atom stereocenters. The van der Waals surface area contributed by atoms with Gasteiger partial charge in [-0.2, -0.15) is 0 Å². The molecule has 0 N–H and O–H groups in total. The molecule has 4 heteroatoms. The van der Waals surface area contributed by atoms with E-state index in [0.29, 0.717) is 13.1 Å². The van der Waals surface area contributed by atoms with Crippen molar-refractivity contribution in [3.63, 3.8) is 0 Å². The standard InChI is InChI=1S/C20H21NO3/c1-16(22)21(15-18-9-5-13-23-18)12-11-19(20-10-6-14-24-20)17-7-3-2-4-8-17/h2-10,13-14,19H,11-12,15H2,1H3/t19-/m0/s1. The van der Waals surface area contributed by atoms with Crippen LogP contribution < -0.4 is 0 Å². The molecule has 0 saturated carbocycles. The first kappa shape index (κ1) is 16.1. The summed E-state index contributed by atoms with van der Waals surface area (Å²) >= 11 is 0. The van der Waals surface area contributed by atoms with Gasteiger partial charge in [0, 0.05) is 19.4 Å². The van der Waals surface area contributed by atoms with Crippen LogP contribution in [-0.4, -0.2) is 17.4 Å². The van der Waals surface area contributed by atoms with Gasteiger partial charge < -0.3 is 13.7 Å². The molecule has 0 unspecified atom stereocenters. The molecule has 0 spiro atoms. The van der Waals surface area contributed by atoms with Crippen molar-refractivity contribution in [2.45, 2.75) is 25.8 Å². The fourth-order valence-electron chi connectivity index (χ4n) is 2.87. The molecule has 1 amide bonds. The van der Waals surface area contributed by atoms with Gasteiger partial charge >= 0.3 is 0 Å². The van der Waals surface area contributed by atoms with Crippen molar-refractivity contribution in [1.29, 1.82) is 0 Å². The molecule has 3 rings (SSSR count). The van der Waals surface area contributed by atoms with Crippen LogP contribution in [0.3, 0.4) is 0 Å². The first-order chi connectivity index (χ1) is 11.7. The van der Waals surface area contributed by atoms with Crippen LogP contribution in [0.4, 0.5) is 0 Å². The van der Waals surface area contributed by atoms with Gasteiger partial charge in [-0.3, -0.25) is 4.79 Å². The lowest BCUT2D eigenvalue weighted by molar-refractivity contribution is -0.129. The fraction of sp³-hybridized carbons (Fsp3) is 0.250. The maximum absolute atomic E-state index is 12.0. The summed E-state index contributed by atoms with van der Waals surface area (Å²) in [5.41, 5.74) is 1.19. The third-order valence-electron chi connectivity index (χ3n) is 4.15. The third-order valence-corrected chi connectivity index (χ3v) is 4.15. The third kappa shape index (κ3) is 3.96. The van der Waals surface area contributed by atoms with Gasteiger partial charge in [-0.15, -0.1) is 0 Å². The van der Waals surface area contributed by atoms with Gasteiger partial charge in [0.25, 0.3) is 0 Å². The van der Waals surface area contributed by atoms with Crippen molar-refractivity contribution < 1.29 is 13.6 Å². The second-order valence-corrected chi connectivity index (χ2v) is 5.79. The maximum Gasteiger partial charge on any atom is 0.219 e. The van der Waals surface area contributed by atoms with E-state index in [1.54, 1.807) is 24.3 Å².